The Morgan fingerprint density at radius 1 is 1.50 bits per heavy atom. The number of hydrogen-bond acceptors (Lipinski definition) is 4. The van der Waals surface area contributed by atoms with E-state index in [1.807, 2.05) is 30.5 Å². The summed E-state index contributed by atoms with van der Waals surface area (Å²) >= 11 is 4.91. The summed E-state index contributed by atoms with van der Waals surface area (Å²) < 4.78 is 6.25. The van der Waals surface area contributed by atoms with E-state index in [9.17, 15) is 4.79 Å². The monoisotopic (exact) mass is 352 g/mol. The van der Waals surface area contributed by atoms with E-state index >= 15 is 0 Å². The van der Waals surface area contributed by atoms with Crippen molar-refractivity contribution in [3.05, 3.63) is 50.6 Å². The van der Waals surface area contributed by atoms with Gasteiger partial charge in [-0.1, -0.05) is 22.0 Å². The normalized spacial score (nSPS) is 10.7. The fourth-order valence-electron chi connectivity index (χ4n) is 1.42. The molecule has 0 aliphatic heterocycles. The van der Waals surface area contributed by atoms with Crippen molar-refractivity contribution < 1.29 is 9.53 Å². The van der Waals surface area contributed by atoms with Crippen LogP contribution in [-0.4, -0.2) is 18.7 Å². The Kier molecular flexibility index (Phi) is 5.31. The van der Waals surface area contributed by atoms with Gasteiger partial charge in [-0.2, -0.15) is 5.10 Å². The second kappa shape index (κ2) is 7.21. The molecule has 0 aliphatic rings. The third-order valence-electron chi connectivity index (χ3n) is 2.44. The number of amides is 1. The average Bonchev–Trinajstić information content (AvgIpc) is 2.82. The predicted molar refractivity (Wildman–Crippen MR) is 84.4 cm³/mol. The summed E-state index contributed by atoms with van der Waals surface area (Å²) in [4.78, 5) is 12.6. The van der Waals surface area contributed by atoms with Crippen molar-refractivity contribution >= 4 is 39.4 Å². The minimum absolute atomic E-state index is 0.0722. The molecule has 20 heavy (non-hydrogen) atoms. The largest absolute Gasteiger partial charge is 0.484 e. The first-order valence-corrected chi connectivity index (χ1v) is 7.57. The Bertz CT molecular complexity index is 625. The quantitative estimate of drug-likeness (QED) is 0.662. The molecule has 6 heteroatoms. The third-order valence-corrected chi connectivity index (χ3v) is 3.89. The molecule has 0 fully saturated rings. The van der Waals surface area contributed by atoms with Crippen LogP contribution in [-0.2, 0) is 4.79 Å². The lowest BCUT2D eigenvalue weighted by Crippen LogP contribution is -2.24. The standard InChI is InChI=1S/C14H13BrN2O2S/c1-10-5-6-20-13(10)8-16-17-14(18)9-19-12-4-2-3-11(15)7-12/h2-8H,9H2,1H3,(H,17,18)/b16-8+. The Morgan fingerprint density at radius 2 is 2.35 bits per heavy atom. The van der Waals surface area contributed by atoms with Gasteiger partial charge in [0.2, 0.25) is 0 Å². The minimum Gasteiger partial charge on any atom is -0.484 e. The lowest BCUT2D eigenvalue weighted by atomic mass is 10.3. The lowest BCUT2D eigenvalue weighted by Gasteiger charge is -2.04. The average molecular weight is 353 g/mol. The Morgan fingerprint density at radius 3 is 3.05 bits per heavy atom. The van der Waals surface area contributed by atoms with Crippen molar-refractivity contribution in [3.63, 3.8) is 0 Å². The molecule has 1 heterocycles. The van der Waals surface area contributed by atoms with E-state index in [0.717, 1.165) is 14.9 Å². The first kappa shape index (κ1) is 14.7. The van der Waals surface area contributed by atoms with Crippen molar-refractivity contribution in [3.8, 4) is 5.75 Å². The second-order valence-corrected chi connectivity index (χ2v) is 5.87. The molecule has 0 saturated carbocycles. The number of carbonyl (C=O) groups is 1. The molecular formula is C14H13BrN2O2S. The first-order chi connectivity index (χ1) is 9.65. The number of rotatable bonds is 5. The van der Waals surface area contributed by atoms with Crippen molar-refractivity contribution in [2.75, 3.05) is 6.61 Å². The fourth-order valence-corrected chi connectivity index (χ4v) is 2.58. The van der Waals surface area contributed by atoms with E-state index in [0.29, 0.717) is 5.75 Å². The molecule has 0 aliphatic carbocycles. The van der Waals surface area contributed by atoms with Gasteiger partial charge in [0.15, 0.2) is 6.61 Å². The molecule has 1 N–H and O–H groups in total. The fraction of sp³-hybridized carbons (Fsp3) is 0.143. The molecule has 0 spiro atoms. The van der Waals surface area contributed by atoms with E-state index < -0.39 is 0 Å². The van der Waals surface area contributed by atoms with Crippen LogP contribution in [0.25, 0.3) is 0 Å². The van der Waals surface area contributed by atoms with Gasteiger partial charge in [0.25, 0.3) is 5.91 Å². The zero-order valence-corrected chi connectivity index (χ0v) is 13.2. The van der Waals surface area contributed by atoms with E-state index in [1.165, 1.54) is 0 Å². The number of ether oxygens (including phenoxy) is 1. The third kappa shape index (κ3) is 4.47. The molecule has 1 aromatic heterocycles. The molecule has 0 radical (unpaired) electrons. The number of hydrazone groups is 1. The number of nitrogens with one attached hydrogen (secondary N) is 1. The number of carbonyl (C=O) groups excluding carboxylic acids is 1. The van der Waals surface area contributed by atoms with E-state index in [1.54, 1.807) is 29.7 Å². The van der Waals surface area contributed by atoms with Gasteiger partial charge in [-0.25, -0.2) is 5.43 Å². The summed E-state index contributed by atoms with van der Waals surface area (Å²) in [6.45, 7) is 1.92. The summed E-state index contributed by atoms with van der Waals surface area (Å²) in [7, 11) is 0. The zero-order chi connectivity index (χ0) is 14.4. The van der Waals surface area contributed by atoms with Crippen molar-refractivity contribution in [2.45, 2.75) is 6.92 Å². The molecule has 1 amide bonds. The maximum absolute atomic E-state index is 11.6. The molecule has 2 aromatic rings. The van der Waals surface area contributed by atoms with Gasteiger partial charge in [0, 0.05) is 9.35 Å². The van der Waals surface area contributed by atoms with Crippen molar-refractivity contribution in [1.29, 1.82) is 0 Å². The van der Waals surface area contributed by atoms with Gasteiger partial charge >= 0.3 is 0 Å². The molecule has 0 unspecified atom stereocenters. The molecular weight excluding hydrogens is 340 g/mol. The summed E-state index contributed by atoms with van der Waals surface area (Å²) in [6.07, 6.45) is 1.64. The van der Waals surface area contributed by atoms with Crippen LogP contribution in [0.1, 0.15) is 10.4 Å². The molecule has 0 atom stereocenters. The highest BCUT2D eigenvalue weighted by Gasteiger charge is 2.02. The van der Waals surface area contributed by atoms with Gasteiger partial charge in [0.05, 0.1) is 6.21 Å². The number of thiophene rings is 1. The summed E-state index contributed by atoms with van der Waals surface area (Å²) in [5, 5.41) is 5.88. The minimum atomic E-state index is -0.296. The predicted octanol–water partition coefficient (Wildman–Crippen LogP) is 3.35. The van der Waals surface area contributed by atoms with E-state index in [-0.39, 0.29) is 12.5 Å². The van der Waals surface area contributed by atoms with E-state index in [2.05, 4.69) is 26.5 Å². The number of aryl methyl sites for hydroxylation is 1. The second-order valence-electron chi connectivity index (χ2n) is 4.01. The van der Waals surface area contributed by atoms with Gasteiger partial charge in [-0.05, 0) is 42.1 Å². The van der Waals surface area contributed by atoms with Crippen LogP contribution < -0.4 is 10.2 Å². The van der Waals surface area contributed by atoms with Gasteiger partial charge in [0.1, 0.15) is 5.75 Å². The highest BCUT2D eigenvalue weighted by atomic mass is 79.9. The van der Waals surface area contributed by atoms with Crippen LogP contribution in [0.15, 0.2) is 45.3 Å². The Labute approximate surface area is 129 Å². The van der Waals surface area contributed by atoms with Crippen LogP contribution in [0, 0.1) is 6.92 Å². The van der Waals surface area contributed by atoms with Gasteiger partial charge in [-0.3, -0.25) is 4.79 Å². The Hall–Kier alpha value is -1.66. The number of halogens is 1. The van der Waals surface area contributed by atoms with E-state index in [4.69, 9.17) is 4.74 Å². The molecule has 104 valence electrons. The van der Waals surface area contributed by atoms with Crippen LogP contribution in [0.3, 0.4) is 0 Å². The topological polar surface area (TPSA) is 50.7 Å². The molecule has 2 rings (SSSR count). The Balaban J connectivity index is 1.79. The molecule has 1 aromatic carbocycles. The maximum atomic E-state index is 11.6. The van der Waals surface area contributed by atoms with Crippen LogP contribution in [0.4, 0.5) is 0 Å². The summed E-state index contributed by atoms with van der Waals surface area (Å²) in [5.74, 6) is 0.336. The molecule has 0 bridgehead atoms. The lowest BCUT2D eigenvalue weighted by molar-refractivity contribution is -0.123. The zero-order valence-electron chi connectivity index (χ0n) is 10.8. The van der Waals surface area contributed by atoms with Gasteiger partial charge in [-0.15, -0.1) is 11.3 Å². The molecule has 0 saturated heterocycles. The van der Waals surface area contributed by atoms with Crippen molar-refractivity contribution in [2.24, 2.45) is 5.10 Å². The highest BCUT2D eigenvalue weighted by Crippen LogP contribution is 2.17. The summed E-state index contributed by atoms with van der Waals surface area (Å²) in [5.41, 5.74) is 3.57. The first-order valence-electron chi connectivity index (χ1n) is 5.89. The number of hydrogen-bond donors (Lipinski definition) is 1. The van der Waals surface area contributed by atoms with Crippen molar-refractivity contribution in [1.82, 2.24) is 5.43 Å². The highest BCUT2D eigenvalue weighted by molar-refractivity contribution is 9.10. The van der Waals surface area contributed by atoms with Gasteiger partial charge < -0.3 is 4.74 Å². The maximum Gasteiger partial charge on any atom is 0.277 e. The number of nitrogens with zero attached hydrogens (tertiary/aromatic N) is 1. The smallest absolute Gasteiger partial charge is 0.277 e. The van der Waals surface area contributed by atoms with Crippen LogP contribution in [0.5, 0.6) is 5.75 Å². The van der Waals surface area contributed by atoms with Crippen LogP contribution >= 0.6 is 27.3 Å². The SMILES string of the molecule is Cc1ccsc1/C=N/NC(=O)COc1cccc(Br)c1. The number of benzene rings is 1. The van der Waals surface area contributed by atoms with Crippen LogP contribution in [0.2, 0.25) is 0 Å². The summed E-state index contributed by atoms with van der Waals surface area (Å²) in [6, 6.07) is 9.32. The molecule has 4 nitrogen and oxygen atoms in total.